The number of benzene rings is 1. The van der Waals surface area contributed by atoms with Crippen LogP contribution in [0.5, 0.6) is 0 Å². The molecule has 1 saturated heterocycles. The number of hydrogen-bond donors (Lipinski definition) is 1. The lowest BCUT2D eigenvalue weighted by Gasteiger charge is -2.35. The van der Waals surface area contributed by atoms with E-state index in [-0.39, 0.29) is 35.4 Å². The Morgan fingerprint density at radius 2 is 1.76 bits per heavy atom. The topological polar surface area (TPSA) is 91.8 Å². The Balaban J connectivity index is 1.96. The predicted molar refractivity (Wildman–Crippen MR) is 114 cm³/mol. The van der Waals surface area contributed by atoms with Crippen LogP contribution < -0.4 is 10.2 Å². The van der Waals surface area contributed by atoms with Crippen molar-refractivity contribution in [1.29, 1.82) is 0 Å². The van der Waals surface area contributed by atoms with Crippen LogP contribution in [0.3, 0.4) is 0 Å². The molecule has 33 heavy (non-hydrogen) atoms. The van der Waals surface area contributed by atoms with Crippen LogP contribution >= 0.6 is 0 Å². The first kappa shape index (κ1) is 24.0. The molecule has 8 nitrogen and oxygen atoms in total. The highest BCUT2D eigenvalue weighted by atomic mass is 19.1. The van der Waals surface area contributed by atoms with Crippen molar-refractivity contribution in [1.82, 2.24) is 9.88 Å². The zero-order chi connectivity index (χ0) is 24.1. The second-order valence-corrected chi connectivity index (χ2v) is 7.34. The smallest absolute Gasteiger partial charge is 0.313 e. The van der Waals surface area contributed by atoms with E-state index in [2.05, 4.69) is 10.3 Å². The standard InChI is InChI=1S/C22H23F3N4O4/c1-3-33-20(32)12-19(31)15-11-17(25)22(29-8-6-28(7-9-29)13(2)30)27-21(15)26-18-5-4-14(23)10-16(18)24/h4-5,10-11H,3,6-9,12H2,1-2H3,(H,26,27). The number of hydrogen-bond acceptors (Lipinski definition) is 7. The molecule has 1 N–H and O–H groups in total. The molecular weight excluding hydrogens is 441 g/mol. The summed E-state index contributed by atoms with van der Waals surface area (Å²) in [6.07, 6.45) is -0.661. The average molecular weight is 464 g/mol. The van der Waals surface area contributed by atoms with Crippen molar-refractivity contribution in [3.05, 3.63) is 47.3 Å². The van der Waals surface area contributed by atoms with Gasteiger partial charge in [0, 0.05) is 39.2 Å². The summed E-state index contributed by atoms with van der Waals surface area (Å²) in [5.74, 6) is -4.53. The Morgan fingerprint density at radius 1 is 1.06 bits per heavy atom. The molecule has 11 heteroatoms. The van der Waals surface area contributed by atoms with Crippen LogP contribution in [-0.4, -0.2) is 60.3 Å². The van der Waals surface area contributed by atoms with Gasteiger partial charge in [-0.3, -0.25) is 14.4 Å². The summed E-state index contributed by atoms with van der Waals surface area (Å²) >= 11 is 0. The first-order valence-electron chi connectivity index (χ1n) is 10.3. The maximum absolute atomic E-state index is 15.0. The number of carbonyl (C=O) groups is 3. The van der Waals surface area contributed by atoms with E-state index < -0.39 is 35.6 Å². The summed E-state index contributed by atoms with van der Waals surface area (Å²) in [5.41, 5.74) is -0.469. The number of Topliss-reactive ketones (excluding diaryl/α,β-unsaturated/α-hetero) is 1. The number of piperazine rings is 1. The zero-order valence-corrected chi connectivity index (χ0v) is 18.2. The largest absolute Gasteiger partial charge is 0.466 e. The van der Waals surface area contributed by atoms with Gasteiger partial charge in [0.05, 0.1) is 17.9 Å². The SMILES string of the molecule is CCOC(=O)CC(=O)c1cc(F)c(N2CCN(C(C)=O)CC2)nc1Nc1ccc(F)cc1F. The molecule has 0 radical (unpaired) electrons. The molecule has 0 unspecified atom stereocenters. The van der Waals surface area contributed by atoms with Crippen molar-refractivity contribution >= 4 is 35.0 Å². The maximum atomic E-state index is 15.0. The lowest BCUT2D eigenvalue weighted by Crippen LogP contribution is -2.48. The molecule has 1 aliphatic heterocycles. The number of carbonyl (C=O) groups excluding carboxylic acids is 3. The van der Waals surface area contributed by atoms with Crippen LogP contribution in [0.2, 0.25) is 0 Å². The van der Waals surface area contributed by atoms with Gasteiger partial charge >= 0.3 is 5.97 Å². The van der Waals surface area contributed by atoms with Crippen LogP contribution in [0.15, 0.2) is 24.3 Å². The van der Waals surface area contributed by atoms with Crippen LogP contribution in [0, 0.1) is 17.5 Å². The first-order valence-corrected chi connectivity index (χ1v) is 10.3. The third-order valence-corrected chi connectivity index (χ3v) is 5.08. The van der Waals surface area contributed by atoms with E-state index in [1.54, 1.807) is 16.7 Å². The average Bonchev–Trinajstić information content (AvgIpc) is 2.76. The number of amides is 1. The first-order chi connectivity index (χ1) is 15.7. The highest BCUT2D eigenvalue weighted by molar-refractivity contribution is 6.09. The number of anilines is 3. The molecule has 0 spiro atoms. The highest BCUT2D eigenvalue weighted by Gasteiger charge is 2.26. The summed E-state index contributed by atoms with van der Waals surface area (Å²) in [6, 6.07) is 3.69. The normalized spacial score (nSPS) is 13.6. The van der Waals surface area contributed by atoms with E-state index in [0.717, 1.165) is 18.2 Å². The number of pyridine rings is 1. The second-order valence-electron chi connectivity index (χ2n) is 7.34. The zero-order valence-electron chi connectivity index (χ0n) is 18.2. The molecule has 2 heterocycles. The molecule has 1 aromatic carbocycles. The van der Waals surface area contributed by atoms with Gasteiger partial charge in [-0.1, -0.05) is 0 Å². The quantitative estimate of drug-likeness (QED) is 0.383. The number of aromatic nitrogens is 1. The van der Waals surface area contributed by atoms with E-state index in [1.807, 2.05) is 0 Å². The van der Waals surface area contributed by atoms with Gasteiger partial charge < -0.3 is 19.9 Å². The minimum Gasteiger partial charge on any atom is -0.466 e. The lowest BCUT2D eigenvalue weighted by atomic mass is 10.1. The van der Waals surface area contributed by atoms with Crippen molar-refractivity contribution in [2.75, 3.05) is 43.0 Å². The summed E-state index contributed by atoms with van der Waals surface area (Å²) in [6.45, 7) is 4.39. The fourth-order valence-electron chi connectivity index (χ4n) is 3.40. The van der Waals surface area contributed by atoms with Crippen molar-refractivity contribution in [3.63, 3.8) is 0 Å². The molecule has 1 aliphatic rings. The second kappa shape index (κ2) is 10.3. The Kier molecular flexibility index (Phi) is 7.52. The number of ether oxygens (including phenoxy) is 1. The molecule has 1 amide bonds. The van der Waals surface area contributed by atoms with E-state index in [1.165, 1.54) is 6.92 Å². The predicted octanol–water partition coefficient (Wildman–Crippen LogP) is 3.05. The van der Waals surface area contributed by atoms with Gasteiger partial charge in [-0.2, -0.15) is 0 Å². The molecule has 1 fully saturated rings. The van der Waals surface area contributed by atoms with E-state index in [4.69, 9.17) is 4.74 Å². The number of nitrogens with zero attached hydrogens (tertiary/aromatic N) is 3. The van der Waals surface area contributed by atoms with Gasteiger partial charge in [0.2, 0.25) is 5.91 Å². The van der Waals surface area contributed by atoms with Gasteiger partial charge in [-0.15, -0.1) is 0 Å². The Hall–Kier alpha value is -3.63. The Labute approximate surface area is 188 Å². The van der Waals surface area contributed by atoms with Crippen molar-refractivity contribution in [2.45, 2.75) is 20.3 Å². The molecule has 0 saturated carbocycles. The summed E-state index contributed by atoms with van der Waals surface area (Å²) in [7, 11) is 0. The summed E-state index contributed by atoms with van der Waals surface area (Å²) in [4.78, 5) is 43.4. The van der Waals surface area contributed by atoms with Crippen LogP contribution in [0.4, 0.5) is 30.5 Å². The molecule has 0 atom stereocenters. The van der Waals surface area contributed by atoms with E-state index in [0.29, 0.717) is 32.2 Å². The van der Waals surface area contributed by atoms with E-state index >= 15 is 0 Å². The van der Waals surface area contributed by atoms with Crippen LogP contribution in [-0.2, 0) is 14.3 Å². The molecule has 0 aliphatic carbocycles. The highest BCUT2D eigenvalue weighted by Crippen LogP contribution is 2.29. The monoisotopic (exact) mass is 464 g/mol. The minimum absolute atomic E-state index is 0.0653. The molecule has 0 bridgehead atoms. The lowest BCUT2D eigenvalue weighted by molar-refractivity contribution is -0.142. The van der Waals surface area contributed by atoms with E-state index in [9.17, 15) is 27.6 Å². The summed E-state index contributed by atoms with van der Waals surface area (Å²) in [5, 5.41) is 2.60. The fourth-order valence-corrected chi connectivity index (χ4v) is 3.40. The summed E-state index contributed by atoms with van der Waals surface area (Å²) < 4.78 is 47.3. The Bertz CT molecular complexity index is 1070. The van der Waals surface area contributed by atoms with Crippen molar-refractivity contribution < 1.29 is 32.3 Å². The van der Waals surface area contributed by atoms with Gasteiger partial charge in [0.1, 0.15) is 23.9 Å². The molecule has 1 aromatic heterocycles. The third kappa shape index (κ3) is 5.79. The molecule has 176 valence electrons. The molecular formula is C22H23F3N4O4. The minimum atomic E-state index is -0.943. The van der Waals surface area contributed by atoms with Gasteiger partial charge in [-0.25, -0.2) is 18.2 Å². The third-order valence-electron chi connectivity index (χ3n) is 5.08. The van der Waals surface area contributed by atoms with Gasteiger partial charge in [-0.05, 0) is 25.1 Å². The fraction of sp³-hybridized carbons (Fsp3) is 0.364. The Morgan fingerprint density at radius 3 is 2.36 bits per heavy atom. The van der Waals surface area contributed by atoms with Crippen LogP contribution in [0.25, 0.3) is 0 Å². The number of rotatable bonds is 7. The molecule has 3 rings (SSSR count). The number of ketones is 1. The number of nitrogens with one attached hydrogen (secondary N) is 1. The number of halogens is 3. The van der Waals surface area contributed by atoms with Gasteiger partial charge in [0.15, 0.2) is 17.4 Å². The van der Waals surface area contributed by atoms with Crippen molar-refractivity contribution in [3.8, 4) is 0 Å². The van der Waals surface area contributed by atoms with Crippen LogP contribution in [0.1, 0.15) is 30.6 Å². The number of esters is 1. The molecule has 2 aromatic rings. The maximum Gasteiger partial charge on any atom is 0.313 e. The van der Waals surface area contributed by atoms with Gasteiger partial charge in [0.25, 0.3) is 0 Å². The van der Waals surface area contributed by atoms with Crippen molar-refractivity contribution in [2.24, 2.45) is 0 Å².